The van der Waals surface area contributed by atoms with Gasteiger partial charge in [-0.15, -0.1) is 0 Å². The van der Waals surface area contributed by atoms with Gasteiger partial charge in [-0.1, -0.05) is 40.2 Å². The molecule has 0 amide bonds. The van der Waals surface area contributed by atoms with Gasteiger partial charge in [0.15, 0.2) is 18.1 Å². The van der Waals surface area contributed by atoms with Crippen LogP contribution in [0.2, 0.25) is 0 Å². The maximum Gasteiger partial charge on any atom is 0.231 e. The number of halogens is 2. The van der Waals surface area contributed by atoms with E-state index in [1.54, 1.807) is 55.5 Å². The van der Waals surface area contributed by atoms with Crippen LogP contribution < -0.4 is 9.47 Å². The van der Waals surface area contributed by atoms with Gasteiger partial charge < -0.3 is 9.47 Å². The first-order chi connectivity index (χ1) is 14.4. The van der Waals surface area contributed by atoms with Gasteiger partial charge in [0.05, 0.1) is 5.56 Å². The third kappa shape index (κ3) is 4.04. The molecule has 0 saturated heterocycles. The summed E-state index contributed by atoms with van der Waals surface area (Å²) in [6.45, 7) is 1.62. The Morgan fingerprint density at radius 2 is 1.90 bits per heavy atom. The number of carbonyl (C=O) groups is 2. The Hall–Kier alpha value is -3.25. The summed E-state index contributed by atoms with van der Waals surface area (Å²) in [7, 11) is 0. The van der Waals surface area contributed by atoms with E-state index in [0.29, 0.717) is 33.8 Å². The van der Waals surface area contributed by atoms with Crippen molar-refractivity contribution in [3.05, 3.63) is 99.0 Å². The molecule has 1 aliphatic heterocycles. The van der Waals surface area contributed by atoms with Gasteiger partial charge in [0.1, 0.15) is 17.3 Å². The van der Waals surface area contributed by atoms with E-state index >= 15 is 0 Å². The lowest BCUT2D eigenvalue weighted by Gasteiger charge is -2.11. The van der Waals surface area contributed by atoms with Crippen LogP contribution in [0.1, 0.15) is 31.8 Å². The second-order valence-electron chi connectivity index (χ2n) is 6.78. The molecule has 0 radical (unpaired) electrons. The molecule has 0 aliphatic carbocycles. The van der Waals surface area contributed by atoms with Gasteiger partial charge in [-0.05, 0) is 55.0 Å². The Bertz CT molecular complexity index is 1180. The number of carbonyl (C=O) groups excluding carboxylic acids is 2. The molecule has 150 valence electrons. The van der Waals surface area contributed by atoms with Crippen LogP contribution in [0.5, 0.6) is 11.5 Å². The minimum atomic E-state index is -0.394. The summed E-state index contributed by atoms with van der Waals surface area (Å²) >= 11 is 3.34. The lowest BCUT2D eigenvalue weighted by Crippen LogP contribution is -2.12. The highest BCUT2D eigenvalue weighted by Crippen LogP contribution is 2.39. The van der Waals surface area contributed by atoms with E-state index in [0.717, 1.165) is 4.47 Å². The fraction of sp³-hybridized carbons (Fsp3) is 0.0833. The summed E-state index contributed by atoms with van der Waals surface area (Å²) in [4.78, 5) is 25.0. The molecule has 0 N–H and O–H groups in total. The normalized spacial score (nSPS) is 13.8. The molecule has 0 unspecified atom stereocenters. The van der Waals surface area contributed by atoms with Crippen molar-refractivity contribution in [1.29, 1.82) is 0 Å². The zero-order valence-electron chi connectivity index (χ0n) is 15.9. The van der Waals surface area contributed by atoms with Crippen molar-refractivity contribution >= 4 is 33.6 Å². The minimum absolute atomic E-state index is 0.113. The summed E-state index contributed by atoms with van der Waals surface area (Å²) in [6, 6.07) is 16.2. The van der Waals surface area contributed by atoms with Crippen molar-refractivity contribution in [2.75, 3.05) is 6.61 Å². The van der Waals surface area contributed by atoms with Gasteiger partial charge in [-0.2, -0.15) is 0 Å². The van der Waals surface area contributed by atoms with Crippen LogP contribution in [-0.2, 0) is 0 Å². The van der Waals surface area contributed by atoms with Crippen LogP contribution >= 0.6 is 15.9 Å². The summed E-state index contributed by atoms with van der Waals surface area (Å²) in [6.07, 6.45) is 1.50. The van der Waals surface area contributed by atoms with Crippen molar-refractivity contribution in [1.82, 2.24) is 0 Å². The van der Waals surface area contributed by atoms with Gasteiger partial charge in [0.25, 0.3) is 0 Å². The van der Waals surface area contributed by atoms with E-state index in [4.69, 9.17) is 9.47 Å². The van der Waals surface area contributed by atoms with Gasteiger partial charge in [-0.25, -0.2) is 4.39 Å². The van der Waals surface area contributed by atoms with Crippen molar-refractivity contribution in [2.45, 2.75) is 6.92 Å². The second kappa shape index (κ2) is 8.24. The lowest BCUT2D eigenvalue weighted by atomic mass is 10.1. The van der Waals surface area contributed by atoms with Crippen molar-refractivity contribution < 1.29 is 23.5 Å². The van der Waals surface area contributed by atoms with Gasteiger partial charge in [0.2, 0.25) is 5.78 Å². The average Bonchev–Trinajstić information content (AvgIpc) is 3.04. The standard InChI is InChI=1S/C24H16BrFO4/c1-14-21(29-13-20(27)16-5-7-17(25)8-6-16)10-9-19-23(28)22(30-24(14)19)12-15-3-2-4-18(26)11-15/h2-12H,13H2,1H3/b22-12-. The van der Waals surface area contributed by atoms with Gasteiger partial charge in [-0.3, -0.25) is 9.59 Å². The highest BCUT2D eigenvalue weighted by molar-refractivity contribution is 9.10. The summed E-state index contributed by atoms with van der Waals surface area (Å²) in [5, 5.41) is 0. The minimum Gasteiger partial charge on any atom is -0.485 e. The SMILES string of the molecule is Cc1c(OCC(=O)c2ccc(Br)cc2)ccc2c1O/C(=C\c1cccc(F)c1)C2=O. The van der Waals surface area contributed by atoms with Crippen molar-refractivity contribution in [2.24, 2.45) is 0 Å². The Kier molecular flexibility index (Phi) is 5.50. The largest absolute Gasteiger partial charge is 0.485 e. The Balaban J connectivity index is 1.53. The molecular formula is C24H16BrFO4. The molecule has 3 aromatic carbocycles. The molecule has 0 fully saturated rings. The third-order valence-corrected chi connectivity index (χ3v) is 5.24. The molecule has 30 heavy (non-hydrogen) atoms. The predicted molar refractivity (Wildman–Crippen MR) is 114 cm³/mol. The maximum atomic E-state index is 13.4. The van der Waals surface area contributed by atoms with E-state index in [9.17, 15) is 14.0 Å². The van der Waals surface area contributed by atoms with Gasteiger partial charge in [0, 0.05) is 15.6 Å². The fourth-order valence-corrected chi connectivity index (χ4v) is 3.40. The number of Topliss-reactive ketones (excluding diaryl/α,β-unsaturated/α-hetero) is 2. The average molecular weight is 467 g/mol. The maximum absolute atomic E-state index is 13.4. The number of ether oxygens (including phenoxy) is 2. The molecule has 0 spiro atoms. The van der Waals surface area contributed by atoms with Gasteiger partial charge >= 0.3 is 0 Å². The summed E-state index contributed by atoms with van der Waals surface area (Å²) in [5.41, 5.74) is 2.10. The van der Waals surface area contributed by atoms with Crippen LogP contribution in [-0.4, -0.2) is 18.2 Å². The van der Waals surface area contributed by atoms with Crippen LogP contribution in [0, 0.1) is 12.7 Å². The Morgan fingerprint density at radius 3 is 2.63 bits per heavy atom. The number of allylic oxidation sites excluding steroid dienone is 1. The van der Waals surface area contributed by atoms with Crippen LogP contribution in [0.25, 0.3) is 6.08 Å². The molecule has 1 aliphatic rings. The lowest BCUT2D eigenvalue weighted by molar-refractivity contribution is 0.0920. The highest BCUT2D eigenvalue weighted by atomic mass is 79.9. The first kappa shape index (κ1) is 20.0. The smallest absolute Gasteiger partial charge is 0.231 e. The molecule has 4 rings (SSSR count). The quantitative estimate of drug-likeness (QED) is 0.353. The molecule has 3 aromatic rings. The molecule has 6 heteroatoms. The van der Waals surface area contributed by atoms with Crippen molar-refractivity contribution in [3.63, 3.8) is 0 Å². The first-order valence-electron chi connectivity index (χ1n) is 9.17. The van der Waals surface area contributed by atoms with Crippen LogP contribution in [0.3, 0.4) is 0 Å². The summed E-state index contributed by atoms with van der Waals surface area (Å²) in [5.74, 6) is 0.118. The third-order valence-electron chi connectivity index (χ3n) is 4.71. The predicted octanol–water partition coefficient (Wildman–Crippen LogP) is 5.77. The number of ketones is 2. The zero-order chi connectivity index (χ0) is 21.3. The molecule has 0 saturated carbocycles. The first-order valence-corrected chi connectivity index (χ1v) is 9.96. The number of rotatable bonds is 5. The molecule has 4 nitrogen and oxygen atoms in total. The molecule has 0 bridgehead atoms. The number of benzene rings is 3. The number of hydrogen-bond donors (Lipinski definition) is 0. The fourth-order valence-electron chi connectivity index (χ4n) is 3.13. The number of hydrogen-bond acceptors (Lipinski definition) is 4. The molecule has 0 aromatic heterocycles. The van der Waals surface area contributed by atoms with Crippen molar-refractivity contribution in [3.8, 4) is 11.5 Å². The van der Waals surface area contributed by atoms with E-state index in [1.807, 2.05) is 0 Å². The van der Waals surface area contributed by atoms with E-state index < -0.39 is 5.82 Å². The van der Waals surface area contributed by atoms with Crippen LogP contribution in [0.15, 0.2) is 70.9 Å². The van der Waals surface area contributed by atoms with E-state index in [-0.39, 0.29) is 23.9 Å². The molecular weight excluding hydrogens is 451 g/mol. The summed E-state index contributed by atoms with van der Waals surface area (Å²) < 4.78 is 25.7. The van der Waals surface area contributed by atoms with E-state index in [1.165, 1.54) is 18.2 Å². The molecule has 1 heterocycles. The Morgan fingerprint density at radius 1 is 1.13 bits per heavy atom. The topological polar surface area (TPSA) is 52.6 Å². The molecule has 0 atom stereocenters. The highest BCUT2D eigenvalue weighted by Gasteiger charge is 2.30. The zero-order valence-corrected chi connectivity index (χ0v) is 17.5. The van der Waals surface area contributed by atoms with E-state index in [2.05, 4.69) is 15.9 Å². The number of fused-ring (bicyclic) bond motifs is 1. The van der Waals surface area contributed by atoms with Crippen LogP contribution in [0.4, 0.5) is 4.39 Å². The second-order valence-corrected chi connectivity index (χ2v) is 7.69. The Labute approximate surface area is 181 Å². The monoisotopic (exact) mass is 466 g/mol.